The van der Waals surface area contributed by atoms with Crippen LogP contribution in [0.3, 0.4) is 0 Å². The molecule has 1 N–H and O–H groups in total. The molecule has 0 fully saturated rings. The van der Waals surface area contributed by atoms with Crippen molar-refractivity contribution in [2.75, 3.05) is 0 Å². The average molecular weight is 240 g/mol. The van der Waals surface area contributed by atoms with Gasteiger partial charge in [-0.1, -0.05) is 13.8 Å². The van der Waals surface area contributed by atoms with Gasteiger partial charge in [0.1, 0.15) is 5.82 Å². The van der Waals surface area contributed by atoms with Crippen molar-refractivity contribution in [2.24, 2.45) is 0 Å². The van der Waals surface area contributed by atoms with Crippen molar-refractivity contribution >= 4 is 17.7 Å². The zero-order chi connectivity index (χ0) is 12.1. The second kappa shape index (κ2) is 5.84. The molecule has 1 atom stereocenters. The predicted octanol–water partition coefficient (Wildman–Crippen LogP) is 2.51. The Balaban J connectivity index is 2.70. The smallest absolute Gasteiger partial charge is 0.339 e. The van der Waals surface area contributed by atoms with Gasteiger partial charge in [-0.15, -0.1) is 0 Å². The van der Waals surface area contributed by atoms with Crippen LogP contribution in [0.1, 0.15) is 42.1 Å². The molecule has 16 heavy (non-hydrogen) atoms. The lowest BCUT2D eigenvalue weighted by molar-refractivity contribution is 0.0695. The van der Waals surface area contributed by atoms with Gasteiger partial charge in [0, 0.05) is 11.4 Å². The lowest BCUT2D eigenvalue weighted by Crippen LogP contribution is -2.06. The van der Waals surface area contributed by atoms with Crippen LogP contribution in [-0.4, -0.2) is 26.3 Å². The molecule has 0 aliphatic carbocycles. The fourth-order valence-electron chi connectivity index (χ4n) is 1.13. The van der Waals surface area contributed by atoms with E-state index in [0.717, 1.165) is 12.2 Å². The predicted molar refractivity (Wildman–Crippen MR) is 64.8 cm³/mol. The maximum absolute atomic E-state index is 10.8. The van der Waals surface area contributed by atoms with E-state index in [4.69, 9.17) is 5.11 Å². The maximum atomic E-state index is 10.8. The van der Waals surface area contributed by atoms with Gasteiger partial charge < -0.3 is 5.11 Å². The molecule has 0 bridgehead atoms. The molecule has 0 aromatic carbocycles. The zero-order valence-corrected chi connectivity index (χ0v) is 10.5. The summed E-state index contributed by atoms with van der Waals surface area (Å²) in [6, 6.07) is 0. The van der Waals surface area contributed by atoms with Gasteiger partial charge in [0.2, 0.25) is 0 Å². The molecule has 4 nitrogen and oxygen atoms in total. The zero-order valence-electron chi connectivity index (χ0n) is 9.73. The number of aromatic carboxylic acids is 1. The minimum Gasteiger partial charge on any atom is -0.478 e. The largest absolute Gasteiger partial charge is 0.478 e. The molecule has 0 spiro atoms. The number of thioether (sulfide) groups is 1. The first-order valence-corrected chi connectivity index (χ1v) is 6.26. The molecule has 0 amide bonds. The second-order valence-electron chi connectivity index (χ2n) is 3.62. The summed E-state index contributed by atoms with van der Waals surface area (Å²) in [6.45, 7) is 5.99. The van der Waals surface area contributed by atoms with Crippen molar-refractivity contribution in [3.63, 3.8) is 0 Å². The van der Waals surface area contributed by atoms with E-state index in [1.165, 1.54) is 6.20 Å². The first kappa shape index (κ1) is 13.0. The summed E-state index contributed by atoms with van der Waals surface area (Å²) < 4.78 is 0. The average Bonchev–Trinajstić information content (AvgIpc) is 2.25. The van der Waals surface area contributed by atoms with Crippen molar-refractivity contribution in [1.82, 2.24) is 9.97 Å². The molecule has 1 rings (SSSR count). The molecule has 0 aliphatic heterocycles. The molecule has 0 saturated carbocycles. The van der Waals surface area contributed by atoms with Gasteiger partial charge in [-0.05, 0) is 13.3 Å². The van der Waals surface area contributed by atoms with Crippen molar-refractivity contribution in [3.05, 3.63) is 23.3 Å². The molecule has 1 heterocycles. The first-order valence-electron chi connectivity index (χ1n) is 5.22. The maximum Gasteiger partial charge on any atom is 0.339 e. The molecule has 1 aromatic rings. The normalized spacial score (nSPS) is 12.4. The molecule has 0 radical (unpaired) electrons. The van der Waals surface area contributed by atoms with Gasteiger partial charge in [0.25, 0.3) is 0 Å². The summed E-state index contributed by atoms with van der Waals surface area (Å²) in [5.41, 5.74) is 0.708. The number of carboxylic acids is 1. The fourth-order valence-corrected chi connectivity index (χ4v) is 1.94. The Hall–Kier alpha value is -1.10. The fraction of sp³-hybridized carbons (Fsp3) is 0.545. The Morgan fingerprint density at radius 2 is 2.31 bits per heavy atom. The summed E-state index contributed by atoms with van der Waals surface area (Å²) in [6.07, 6.45) is 2.49. The van der Waals surface area contributed by atoms with Gasteiger partial charge in [-0.3, -0.25) is 0 Å². The lowest BCUT2D eigenvalue weighted by atomic mass is 10.2. The van der Waals surface area contributed by atoms with Gasteiger partial charge in [-0.2, -0.15) is 11.8 Å². The number of hydrogen-bond acceptors (Lipinski definition) is 4. The van der Waals surface area contributed by atoms with Crippen molar-refractivity contribution in [1.29, 1.82) is 0 Å². The highest BCUT2D eigenvalue weighted by Crippen LogP contribution is 2.18. The van der Waals surface area contributed by atoms with Crippen LogP contribution in [0.2, 0.25) is 0 Å². The van der Waals surface area contributed by atoms with Crippen LogP contribution in [-0.2, 0) is 5.75 Å². The number of aryl methyl sites for hydroxylation is 1. The van der Waals surface area contributed by atoms with Gasteiger partial charge >= 0.3 is 5.97 Å². The van der Waals surface area contributed by atoms with Crippen LogP contribution in [0.4, 0.5) is 0 Å². The minimum absolute atomic E-state index is 0.178. The third kappa shape index (κ3) is 3.48. The minimum atomic E-state index is -0.973. The Bertz CT molecular complexity index is 382. The van der Waals surface area contributed by atoms with E-state index in [-0.39, 0.29) is 5.56 Å². The number of hydrogen-bond donors (Lipinski definition) is 1. The second-order valence-corrected chi connectivity index (χ2v) is 5.05. The molecular weight excluding hydrogens is 224 g/mol. The Morgan fingerprint density at radius 3 is 2.81 bits per heavy atom. The Labute approximate surface area is 99.5 Å². The molecule has 0 saturated heterocycles. The van der Waals surface area contributed by atoms with Crippen molar-refractivity contribution in [3.8, 4) is 0 Å². The summed E-state index contributed by atoms with van der Waals surface area (Å²) in [7, 11) is 0. The number of rotatable bonds is 5. The number of carbonyl (C=O) groups is 1. The summed E-state index contributed by atoms with van der Waals surface area (Å²) in [4.78, 5) is 19.0. The number of nitrogens with zero attached hydrogens (tertiary/aromatic N) is 2. The first-order chi connectivity index (χ1) is 7.54. The van der Waals surface area contributed by atoms with Crippen LogP contribution in [0.15, 0.2) is 6.20 Å². The van der Waals surface area contributed by atoms with Crippen molar-refractivity contribution in [2.45, 2.75) is 38.2 Å². The molecule has 1 unspecified atom stereocenters. The third-order valence-electron chi connectivity index (χ3n) is 2.33. The Kier molecular flexibility index (Phi) is 4.73. The topological polar surface area (TPSA) is 63.1 Å². The molecule has 1 aromatic heterocycles. The van der Waals surface area contributed by atoms with E-state index in [2.05, 4.69) is 23.8 Å². The van der Waals surface area contributed by atoms with E-state index in [1.54, 1.807) is 18.7 Å². The molecule has 5 heteroatoms. The van der Waals surface area contributed by atoms with Crippen LogP contribution >= 0.6 is 11.8 Å². The highest BCUT2D eigenvalue weighted by atomic mass is 32.2. The van der Waals surface area contributed by atoms with Gasteiger partial charge in [0.15, 0.2) is 0 Å². The van der Waals surface area contributed by atoms with E-state index in [1.807, 2.05) is 0 Å². The van der Waals surface area contributed by atoms with Crippen LogP contribution in [0.5, 0.6) is 0 Å². The Morgan fingerprint density at radius 1 is 1.62 bits per heavy atom. The lowest BCUT2D eigenvalue weighted by Gasteiger charge is -2.07. The SMILES string of the molecule is CCC(C)SCc1ncc(C(=O)O)c(C)n1. The van der Waals surface area contributed by atoms with E-state index < -0.39 is 5.97 Å². The van der Waals surface area contributed by atoms with E-state index >= 15 is 0 Å². The highest BCUT2D eigenvalue weighted by molar-refractivity contribution is 7.99. The molecular formula is C11H16N2O2S. The van der Waals surface area contributed by atoms with Gasteiger partial charge in [0.05, 0.1) is 17.0 Å². The molecule has 88 valence electrons. The summed E-state index contributed by atoms with van der Waals surface area (Å²) in [5.74, 6) is 0.460. The summed E-state index contributed by atoms with van der Waals surface area (Å²) >= 11 is 1.78. The van der Waals surface area contributed by atoms with Crippen LogP contribution in [0.25, 0.3) is 0 Å². The number of aromatic nitrogens is 2. The van der Waals surface area contributed by atoms with E-state index in [9.17, 15) is 4.79 Å². The standard InChI is InChI=1S/C11H16N2O2S/c1-4-7(2)16-6-10-12-5-9(11(14)15)8(3)13-10/h5,7H,4,6H2,1-3H3,(H,14,15). The van der Waals surface area contributed by atoms with Gasteiger partial charge in [-0.25, -0.2) is 14.8 Å². The van der Waals surface area contributed by atoms with Crippen LogP contribution < -0.4 is 0 Å². The van der Waals surface area contributed by atoms with Crippen LogP contribution in [0, 0.1) is 6.92 Å². The van der Waals surface area contributed by atoms with E-state index in [0.29, 0.717) is 16.8 Å². The van der Waals surface area contributed by atoms with Crippen molar-refractivity contribution < 1.29 is 9.90 Å². The monoisotopic (exact) mass is 240 g/mol. The summed E-state index contributed by atoms with van der Waals surface area (Å²) in [5, 5.41) is 9.40. The number of carboxylic acid groups (broad SMARTS) is 1. The third-order valence-corrected chi connectivity index (χ3v) is 3.66. The highest BCUT2D eigenvalue weighted by Gasteiger charge is 2.10. The quantitative estimate of drug-likeness (QED) is 0.856. The molecule has 0 aliphatic rings.